The Morgan fingerprint density at radius 2 is 1.67 bits per heavy atom. The molecule has 2 N–H and O–H groups in total. The van der Waals surface area contributed by atoms with Crippen LogP contribution >= 0.6 is 0 Å². The number of allylic oxidation sites excluding steroid dienone is 7. The minimum atomic E-state index is -4.63. The molecular formula is C23H26N2O4S. The highest BCUT2D eigenvalue weighted by Gasteiger charge is 2.24. The molecule has 0 aromatic heterocycles. The van der Waals surface area contributed by atoms with Gasteiger partial charge in [0.15, 0.2) is 5.75 Å². The van der Waals surface area contributed by atoms with Crippen LogP contribution in [0.4, 0.5) is 5.69 Å². The molecule has 2 aliphatic rings. The molecule has 0 bridgehead atoms. The molecule has 1 aromatic rings. The van der Waals surface area contributed by atoms with E-state index < -0.39 is 15.0 Å². The molecule has 3 rings (SSSR count). The van der Waals surface area contributed by atoms with E-state index in [-0.39, 0.29) is 28.7 Å². The van der Waals surface area contributed by atoms with Crippen LogP contribution in [0.25, 0.3) is 12.2 Å². The van der Waals surface area contributed by atoms with Crippen LogP contribution in [0.5, 0.6) is 5.75 Å². The second-order valence-electron chi connectivity index (χ2n) is 8.29. The second kappa shape index (κ2) is 8.16. The third-order valence-electron chi connectivity index (χ3n) is 4.95. The summed E-state index contributed by atoms with van der Waals surface area (Å²) in [5.41, 5.74) is 0.979. The fourth-order valence-corrected chi connectivity index (χ4v) is 3.81. The monoisotopic (exact) mass is 426 g/mol. The highest BCUT2D eigenvalue weighted by Crippen LogP contribution is 2.42. The molecular weight excluding hydrogens is 400 g/mol. The number of azo groups is 1. The van der Waals surface area contributed by atoms with Crippen molar-refractivity contribution in [2.24, 2.45) is 27.5 Å². The van der Waals surface area contributed by atoms with Crippen molar-refractivity contribution >= 4 is 28.0 Å². The van der Waals surface area contributed by atoms with Gasteiger partial charge in [0.25, 0.3) is 10.1 Å². The molecule has 6 nitrogen and oxygen atoms in total. The van der Waals surface area contributed by atoms with Crippen LogP contribution < -0.4 is 0 Å². The summed E-state index contributed by atoms with van der Waals surface area (Å²) in [6.07, 6.45) is 17.0. The first kappa shape index (κ1) is 21.9. The number of hydrogen-bond donors (Lipinski definition) is 2. The third-order valence-corrected chi connectivity index (χ3v) is 5.81. The van der Waals surface area contributed by atoms with E-state index in [0.29, 0.717) is 16.8 Å². The van der Waals surface area contributed by atoms with Gasteiger partial charge in [-0.3, -0.25) is 4.55 Å². The van der Waals surface area contributed by atoms with E-state index in [1.54, 1.807) is 18.2 Å². The van der Waals surface area contributed by atoms with Crippen LogP contribution in [-0.2, 0) is 10.1 Å². The lowest BCUT2D eigenvalue weighted by Gasteiger charge is -2.17. The normalized spacial score (nSPS) is 26.9. The molecule has 2 aliphatic carbocycles. The summed E-state index contributed by atoms with van der Waals surface area (Å²) in [5.74, 6) is -0.138. The summed E-state index contributed by atoms with van der Waals surface area (Å²) < 4.78 is 33.7. The zero-order valence-electron chi connectivity index (χ0n) is 17.4. The van der Waals surface area contributed by atoms with Crippen LogP contribution in [0, 0.1) is 17.3 Å². The summed E-state index contributed by atoms with van der Waals surface area (Å²) in [7, 11) is -4.63. The Balaban J connectivity index is 2.14. The molecule has 7 heteroatoms. The second-order valence-corrected chi connectivity index (χ2v) is 9.68. The van der Waals surface area contributed by atoms with Gasteiger partial charge in [-0.1, -0.05) is 76.3 Å². The number of phenols is 1. The number of fused-ring (bicyclic) bond motifs is 1. The number of aromatic hydroxyl groups is 1. The van der Waals surface area contributed by atoms with Gasteiger partial charge < -0.3 is 5.11 Å². The maximum atomic E-state index is 12.0. The van der Waals surface area contributed by atoms with Crippen molar-refractivity contribution < 1.29 is 18.1 Å². The molecule has 1 aromatic carbocycles. The molecule has 0 amide bonds. The maximum absolute atomic E-state index is 12.0. The standard InChI is InChI=1S/C23H26N2O4S/c1-15-5-7-17-14-20(30(27,28)29)21(22(26)19(17)8-6-15)25-24-18-10-12-23(3,4)11-9-16(2)13-18/h5-16,26H,1-4H3,(H,27,28,29)/b11-9-,12-10-,18-13+,25-24?. The summed E-state index contributed by atoms with van der Waals surface area (Å²) in [4.78, 5) is -0.487. The Morgan fingerprint density at radius 3 is 2.37 bits per heavy atom. The zero-order chi connectivity index (χ0) is 22.1. The fourth-order valence-electron chi connectivity index (χ4n) is 3.15. The molecule has 158 valence electrons. The lowest BCUT2D eigenvalue weighted by atomic mass is 9.89. The Kier molecular flexibility index (Phi) is 5.97. The average molecular weight is 427 g/mol. The number of rotatable bonds is 3. The molecule has 0 saturated heterocycles. The summed E-state index contributed by atoms with van der Waals surface area (Å²) in [6.45, 7) is 8.08. The Hall–Kier alpha value is -2.77. The smallest absolute Gasteiger partial charge is 0.296 e. The molecule has 0 saturated carbocycles. The van der Waals surface area contributed by atoms with Crippen LogP contribution in [0.2, 0.25) is 0 Å². The fraction of sp³-hybridized carbons (Fsp3) is 0.304. The molecule has 2 atom stereocenters. The van der Waals surface area contributed by atoms with Crippen LogP contribution in [0.15, 0.2) is 69.4 Å². The minimum absolute atomic E-state index is 0.0967. The van der Waals surface area contributed by atoms with Gasteiger partial charge in [-0.25, -0.2) is 0 Å². The van der Waals surface area contributed by atoms with Gasteiger partial charge in [0.05, 0.1) is 5.70 Å². The molecule has 0 spiro atoms. The number of benzene rings is 1. The van der Waals surface area contributed by atoms with Crippen LogP contribution in [0.1, 0.15) is 38.8 Å². The number of hydrogen-bond acceptors (Lipinski definition) is 5. The van der Waals surface area contributed by atoms with Gasteiger partial charge in [-0.15, -0.1) is 5.11 Å². The predicted octanol–water partition coefficient (Wildman–Crippen LogP) is 6.07. The van der Waals surface area contributed by atoms with Crippen LogP contribution in [-0.4, -0.2) is 18.1 Å². The maximum Gasteiger partial charge on any atom is 0.296 e. The van der Waals surface area contributed by atoms with Crippen LogP contribution in [0.3, 0.4) is 0 Å². The lowest BCUT2D eigenvalue weighted by Crippen LogP contribution is -2.05. The average Bonchev–Trinajstić information content (AvgIpc) is 2.83. The van der Waals surface area contributed by atoms with E-state index in [1.165, 1.54) is 6.07 Å². The van der Waals surface area contributed by atoms with Crippen molar-refractivity contribution in [1.29, 1.82) is 0 Å². The van der Waals surface area contributed by atoms with Gasteiger partial charge in [-0.2, -0.15) is 13.5 Å². The van der Waals surface area contributed by atoms with E-state index in [1.807, 2.05) is 38.2 Å². The van der Waals surface area contributed by atoms with Crippen molar-refractivity contribution in [1.82, 2.24) is 0 Å². The highest BCUT2D eigenvalue weighted by atomic mass is 32.2. The van der Waals surface area contributed by atoms with Gasteiger partial charge in [0, 0.05) is 11.0 Å². The van der Waals surface area contributed by atoms with E-state index in [0.717, 1.165) is 0 Å². The summed E-state index contributed by atoms with van der Waals surface area (Å²) in [6, 6.07) is 1.30. The van der Waals surface area contributed by atoms with E-state index >= 15 is 0 Å². The van der Waals surface area contributed by atoms with Gasteiger partial charge in [-0.05, 0) is 29.5 Å². The van der Waals surface area contributed by atoms with Crippen molar-refractivity contribution in [3.05, 3.63) is 65.4 Å². The first-order chi connectivity index (χ1) is 14.0. The largest absolute Gasteiger partial charge is 0.505 e. The van der Waals surface area contributed by atoms with Crippen molar-refractivity contribution in [3.8, 4) is 5.75 Å². The first-order valence-electron chi connectivity index (χ1n) is 9.72. The van der Waals surface area contributed by atoms with E-state index in [4.69, 9.17) is 0 Å². The molecule has 0 heterocycles. The first-order valence-corrected chi connectivity index (χ1v) is 11.2. The van der Waals surface area contributed by atoms with Crippen molar-refractivity contribution in [2.75, 3.05) is 0 Å². The summed E-state index contributed by atoms with van der Waals surface area (Å²) >= 11 is 0. The Bertz CT molecular complexity index is 1140. The Labute approximate surface area is 177 Å². The molecule has 30 heavy (non-hydrogen) atoms. The van der Waals surface area contributed by atoms with Crippen molar-refractivity contribution in [2.45, 2.75) is 32.6 Å². The highest BCUT2D eigenvalue weighted by molar-refractivity contribution is 7.86. The van der Waals surface area contributed by atoms with Gasteiger partial charge >= 0.3 is 0 Å². The number of phenolic OH excluding ortho intramolecular Hbond substituents is 1. The quantitative estimate of drug-likeness (QED) is 0.348. The molecule has 2 unspecified atom stereocenters. The van der Waals surface area contributed by atoms with E-state index in [2.05, 4.69) is 36.2 Å². The summed E-state index contributed by atoms with van der Waals surface area (Å²) in [5, 5.41) is 19.0. The van der Waals surface area contributed by atoms with Crippen molar-refractivity contribution in [3.63, 3.8) is 0 Å². The topological polar surface area (TPSA) is 99.3 Å². The zero-order valence-corrected chi connectivity index (χ0v) is 18.3. The molecule has 0 radical (unpaired) electrons. The number of nitrogens with zero attached hydrogens (tertiary/aromatic N) is 2. The molecule has 0 aliphatic heterocycles. The van der Waals surface area contributed by atoms with Gasteiger partial charge in [0.1, 0.15) is 10.6 Å². The van der Waals surface area contributed by atoms with E-state index in [9.17, 15) is 18.1 Å². The minimum Gasteiger partial charge on any atom is -0.505 e. The molecule has 0 fully saturated rings. The lowest BCUT2D eigenvalue weighted by molar-refractivity contribution is 0.466. The third kappa shape index (κ3) is 5.04. The SMILES string of the molecule is CC1C=Cc2cc(S(=O)(=O)O)c(N=NC3=C/C(C)/C=C\C(C)(C)/C=C\3)c(O)c2C=C1. The predicted molar refractivity (Wildman–Crippen MR) is 119 cm³/mol. The van der Waals surface area contributed by atoms with Gasteiger partial charge in [0.2, 0.25) is 0 Å². The Morgan fingerprint density at radius 1 is 0.967 bits per heavy atom.